The summed E-state index contributed by atoms with van der Waals surface area (Å²) in [4.78, 5) is 0. The topological polar surface area (TPSA) is 67.4 Å². The van der Waals surface area contributed by atoms with Crippen molar-refractivity contribution in [1.29, 1.82) is 0 Å². The van der Waals surface area contributed by atoms with Crippen LogP contribution in [0, 0.1) is 0 Å². The molecule has 1 aliphatic heterocycles. The van der Waals surface area contributed by atoms with Gasteiger partial charge < -0.3 is 10.1 Å². The van der Waals surface area contributed by atoms with Crippen molar-refractivity contribution in [3.05, 3.63) is 34.9 Å². The van der Waals surface area contributed by atoms with Crippen LogP contribution in [0.25, 0.3) is 0 Å². The van der Waals surface area contributed by atoms with Gasteiger partial charge in [-0.3, -0.25) is 0 Å². The third kappa shape index (κ3) is 4.74. The minimum atomic E-state index is -3.25. The molecular formula is C12H19ClN2O3S. The monoisotopic (exact) mass is 306 g/mol. The SMILES string of the molecule is COCCS(=O)(=O)NCc1ccc2c(c1)CNC2.Cl. The number of fused-ring (bicyclic) bond motifs is 1. The molecule has 0 radical (unpaired) electrons. The quantitative estimate of drug-likeness (QED) is 0.815. The summed E-state index contributed by atoms with van der Waals surface area (Å²) < 4.78 is 30.5. The van der Waals surface area contributed by atoms with E-state index in [1.165, 1.54) is 18.2 Å². The second-order valence-corrected chi connectivity index (χ2v) is 6.27. The molecule has 0 saturated heterocycles. The summed E-state index contributed by atoms with van der Waals surface area (Å²) in [5.41, 5.74) is 3.53. The molecule has 2 N–H and O–H groups in total. The number of nitrogens with one attached hydrogen (secondary N) is 2. The molecule has 5 nitrogen and oxygen atoms in total. The van der Waals surface area contributed by atoms with Crippen LogP contribution in [0.2, 0.25) is 0 Å². The number of halogens is 1. The molecule has 0 aliphatic carbocycles. The Bertz CT molecular complexity index is 520. The van der Waals surface area contributed by atoms with E-state index < -0.39 is 10.0 Å². The summed E-state index contributed by atoms with van der Waals surface area (Å²) in [6.07, 6.45) is 0. The van der Waals surface area contributed by atoms with Crippen molar-refractivity contribution in [2.45, 2.75) is 19.6 Å². The van der Waals surface area contributed by atoms with Gasteiger partial charge in [-0.15, -0.1) is 12.4 Å². The van der Waals surface area contributed by atoms with Gasteiger partial charge in [0.15, 0.2) is 0 Å². The Kier molecular flexibility index (Phi) is 6.22. The molecule has 0 saturated carbocycles. The zero-order chi connectivity index (χ0) is 13.0. The fourth-order valence-corrected chi connectivity index (χ4v) is 2.83. The maximum Gasteiger partial charge on any atom is 0.214 e. The first-order chi connectivity index (χ1) is 8.61. The van der Waals surface area contributed by atoms with Crippen molar-refractivity contribution >= 4 is 22.4 Å². The lowest BCUT2D eigenvalue weighted by atomic mass is 10.1. The van der Waals surface area contributed by atoms with Crippen LogP contribution < -0.4 is 10.0 Å². The molecule has 0 fully saturated rings. The number of ether oxygens (including phenoxy) is 1. The normalized spacial score (nSPS) is 13.9. The molecule has 0 aromatic heterocycles. The smallest absolute Gasteiger partial charge is 0.214 e. The van der Waals surface area contributed by atoms with Gasteiger partial charge in [0.25, 0.3) is 0 Å². The van der Waals surface area contributed by atoms with E-state index in [9.17, 15) is 8.42 Å². The minimum Gasteiger partial charge on any atom is -0.384 e. The predicted octanol–water partition coefficient (Wildman–Crippen LogP) is 0.777. The van der Waals surface area contributed by atoms with Gasteiger partial charge in [0.1, 0.15) is 0 Å². The zero-order valence-electron chi connectivity index (χ0n) is 10.8. The van der Waals surface area contributed by atoms with Crippen molar-refractivity contribution in [1.82, 2.24) is 10.0 Å². The van der Waals surface area contributed by atoms with E-state index in [2.05, 4.69) is 10.0 Å². The number of sulfonamides is 1. The molecule has 1 aromatic carbocycles. The highest BCUT2D eigenvalue weighted by Crippen LogP contribution is 2.16. The summed E-state index contributed by atoms with van der Waals surface area (Å²) in [5.74, 6) is -0.00397. The van der Waals surface area contributed by atoms with Crippen molar-refractivity contribution in [2.75, 3.05) is 19.5 Å². The maximum atomic E-state index is 11.6. The lowest BCUT2D eigenvalue weighted by molar-refractivity contribution is 0.217. The van der Waals surface area contributed by atoms with Crippen LogP contribution in [-0.2, 0) is 34.4 Å². The van der Waals surface area contributed by atoms with Crippen LogP contribution >= 0.6 is 12.4 Å². The first-order valence-electron chi connectivity index (χ1n) is 5.88. The first kappa shape index (κ1) is 16.4. The molecule has 1 heterocycles. The second-order valence-electron chi connectivity index (χ2n) is 4.34. The largest absolute Gasteiger partial charge is 0.384 e. The summed E-state index contributed by atoms with van der Waals surface area (Å²) in [6, 6.07) is 6.06. The molecule has 1 aliphatic rings. The highest BCUT2D eigenvalue weighted by molar-refractivity contribution is 7.89. The second kappa shape index (κ2) is 7.21. The molecule has 0 amide bonds. The van der Waals surface area contributed by atoms with Crippen LogP contribution in [0.15, 0.2) is 18.2 Å². The Balaban J connectivity index is 0.00000180. The number of hydrogen-bond donors (Lipinski definition) is 2. The van der Waals surface area contributed by atoms with E-state index in [1.54, 1.807) is 0 Å². The summed E-state index contributed by atoms with van der Waals surface area (Å²) >= 11 is 0. The Morgan fingerprint density at radius 2 is 2.05 bits per heavy atom. The third-order valence-corrected chi connectivity index (χ3v) is 4.24. The van der Waals surface area contributed by atoms with Crippen LogP contribution in [0.1, 0.15) is 16.7 Å². The van der Waals surface area contributed by atoms with Gasteiger partial charge in [-0.2, -0.15) is 0 Å². The zero-order valence-corrected chi connectivity index (χ0v) is 12.4. The average Bonchev–Trinajstić information content (AvgIpc) is 2.81. The van der Waals surface area contributed by atoms with Gasteiger partial charge >= 0.3 is 0 Å². The standard InChI is InChI=1S/C12H18N2O3S.ClH/c1-17-4-5-18(15,16)14-7-10-2-3-11-8-13-9-12(11)6-10;/h2-3,6,13-14H,4-5,7-9H2,1H3;1H. The number of benzene rings is 1. The maximum absolute atomic E-state index is 11.6. The van der Waals surface area contributed by atoms with Gasteiger partial charge in [-0.1, -0.05) is 18.2 Å². The van der Waals surface area contributed by atoms with Crippen molar-refractivity contribution in [2.24, 2.45) is 0 Å². The molecule has 2 rings (SSSR count). The number of hydrogen-bond acceptors (Lipinski definition) is 4. The Morgan fingerprint density at radius 1 is 1.32 bits per heavy atom. The fourth-order valence-electron chi connectivity index (χ4n) is 1.92. The lowest BCUT2D eigenvalue weighted by Gasteiger charge is -2.07. The van der Waals surface area contributed by atoms with Crippen molar-refractivity contribution < 1.29 is 13.2 Å². The van der Waals surface area contributed by atoms with Gasteiger partial charge in [-0.05, 0) is 16.7 Å². The summed E-state index contributed by atoms with van der Waals surface area (Å²) in [7, 11) is -1.76. The predicted molar refractivity (Wildman–Crippen MR) is 76.7 cm³/mol. The van der Waals surface area contributed by atoms with Gasteiger partial charge in [0.2, 0.25) is 10.0 Å². The molecule has 0 bridgehead atoms. The highest BCUT2D eigenvalue weighted by atomic mass is 35.5. The first-order valence-corrected chi connectivity index (χ1v) is 7.53. The average molecular weight is 307 g/mol. The van der Waals surface area contributed by atoms with E-state index in [4.69, 9.17) is 4.74 Å². The molecule has 108 valence electrons. The number of methoxy groups -OCH3 is 1. The van der Waals surface area contributed by atoms with E-state index >= 15 is 0 Å². The summed E-state index contributed by atoms with van der Waals surface area (Å²) in [6.45, 7) is 2.30. The molecule has 1 aromatic rings. The Hall–Kier alpha value is -0.660. The van der Waals surface area contributed by atoms with E-state index in [-0.39, 0.29) is 24.8 Å². The Labute approximate surface area is 120 Å². The van der Waals surface area contributed by atoms with Gasteiger partial charge in [0.05, 0.1) is 12.4 Å². The summed E-state index contributed by atoms with van der Waals surface area (Å²) in [5, 5.41) is 3.26. The van der Waals surface area contributed by atoms with E-state index in [1.807, 2.05) is 18.2 Å². The fraction of sp³-hybridized carbons (Fsp3) is 0.500. The molecular weight excluding hydrogens is 288 g/mol. The van der Waals surface area contributed by atoms with Crippen LogP contribution in [-0.4, -0.2) is 27.9 Å². The molecule has 19 heavy (non-hydrogen) atoms. The van der Waals surface area contributed by atoms with Crippen molar-refractivity contribution in [3.8, 4) is 0 Å². The number of rotatable bonds is 6. The van der Waals surface area contributed by atoms with Crippen LogP contribution in [0.3, 0.4) is 0 Å². The highest BCUT2D eigenvalue weighted by Gasteiger charge is 2.12. The van der Waals surface area contributed by atoms with Crippen molar-refractivity contribution in [3.63, 3.8) is 0 Å². The van der Waals surface area contributed by atoms with Crippen LogP contribution in [0.5, 0.6) is 0 Å². The molecule has 0 spiro atoms. The third-order valence-electron chi connectivity index (χ3n) is 2.95. The van der Waals surface area contributed by atoms with Gasteiger partial charge in [-0.25, -0.2) is 13.1 Å². The van der Waals surface area contributed by atoms with Gasteiger partial charge in [0, 0.05) is 26.7 Å². The molecule has 7 heteroatoms. The molecule has 0 atom stereocenters. The minimum absolute atomic E-state index is 0. The molecule has 0 unspecified atom stereocenters. The van der Waals surface area contributed by atoms with E-state index in [0.717, 1.165) is 18.7 Å². The van der Waals surface area contributed by atoms with Crippen LogP contribution in [0.4, 0.5) is 0 Å². The Morgan fingerprint density at radius 3 is 2.79 bits per heavy atom. The lowest BCUT2D eigenvalue weighted by Crippen LogP contribution is -2.27. The van der Waals surface area contributed by atoms with E-state index in [0.29, 0.717) is 6.54 Å².